The molecule has 204 valence electrons. The molecule has 12 nitrogen and oxygen atoms in total. The molecule has 2 aliphatic rings. The van der Waals surface area contributed by atoms with Crippen LogP contribution in [-0.4, -0.2) is 79.5 Å². The summed E-state index contributed by atoms with van der Waals surface area (Å²) in [7, 11) is 0. The molecule has 2 amide bonds. The van der Waals surface area contributed by atoms with Gasteiger partial charge in [0.1, 0.15) is 17.5 Å². The third-order valence-electron chi connectivity index (χ3n) is 6.76. The molecule has 2 aliphatic heterocycles. The van der Waals surface area contributed by atoms with Crippen molar-refractivity contribution in [3.63, 3.8) is 0 Å². The van der Waals surface area contributed by atoms with Gasteiger partial charge in [-0.2, -0.15) is 0 Å². The van der Waals surface area contributed by atoms with E-state index in [4.69, 9.17) is 9.15 Å². The number of carbonyl (C=O) groups is 3. The standard InChI is InChI=1S/C26H26FN5O7/c1-16(33)28-13-20-14-31(26(35)38-20)18-2-4-22(21(27)12-18)30-8-6-29(7-9-30)15-23(34)25-11-17-10-19(32(36)37)3-5-24(17)39-25/h2-5,10-12,20H,6-9,13-15H2,1H3,(H,28,33). The number of nitro benzene ring substituents is 1. The number of nitrogens with zero attached hydrogens (tertiary/aromatic N) is 4. The molecule has 3 heterocycles. The van der Waals surface area contributed by atoms with Crippen molar-refractivity contribution >= 4 is 45.8 Å². The molecule has 3 aromatic rings. The molecule has 0 saturated carbocycles. The Morgan fingerprint density at radius 3 is 2.59 bits per heavy atom. The fourth-order valence-corrected chi connectivity index (χ4v) is 4.73. The quantitative estimate of drug-likeness (QED) is 0.260. The number of anilines is 2. The van der Waals surface area contributed by atoms with Crippen molar-refractivity contribution in [3.05, 3.63) is 64.2 Å². The van der Waals surface area contributed by atoms with E-state index in [1.54, 1.807) is 12.1 Å². The Bertz CT molecular complexity index is 1450. The predicted molar refractivity (Wildman–Crippen MR) is 139 cm³/mol. The van der Waals surface area contributed by atoms with Gasteiger partial charge in [-0.3, -0.25) is 29.5 Å². The van der Waals surface area contributed by atoms with Crippen LogP contribution in [0.5, 0.6) is 0 Å². The highest BCUT2D eigenvalue weighted by Crippen LogP contribution is 2.29. The summed E-state index contributed by atoms with van der Waals surface area (Å²) in [6, 6.07) is 10.2. The Kier molecular flexibility index (Phi) is 7.15. The number of piperazine rings is 1. The smallest absolute Gasteiger partial charge is 0.414 e. The van der Waals surface area contributed by atoms with Gasteiger partial charge in [0.2, 0.25) is 11.7 Å². The molecule has 0 aliphatic carbocycles. The number of amides is 2. The maximum absolute atomic E-state index is 15.1. The fourth-order valence-electron chi connectivity index (χ4n) is 4.73. The van der Waals surface area contributed by atoms with Gasteiger partial charge in [-0.25, -0.2) is 9.18 Å². The van der Waals surface area contributed by atoms with Crippen LogP contribution in [-0.2, 0) is 9.53 Å². The van der Waals surface area contributed by atoms with Crippen LogP contribution in [0.15, 0.2) is 46.9 Å². The van der Waals surface area contributed by atoms with Crippen molar-refractivity contribution in [2.24, 2.45) is 0 Å². The van der Waals surface area contributed by atoms with Crippen LogP contribution in [0.2, 0.25) is 0 Å². The number of ether oxygens (including phenoxy) is 1. The zero-order chi connectivity index (χ0) is 27.7. The van der Waals surface area contributed by atoms with Crippen molar-refractivity contribution < 1.29 is 32.9 Å². The number of nitrogens with one attached hydrogen (secondary N) is 1. The monoisotopic (exact) mass is 539 g/mol. The Labute approximate surface area is 222 Å². The van der Waals surface area contributed by atoms with E-state index in [9.17, 15) is 24.5 Å². The lowest BCUT2D eigenvalue weighted by molar-refractivity contribution is -0.384. The van der Waals surface area contributed by atoms with E-state index in [0.717, 1.165) is 0 Å². The van der Waals surface area contributed by atoms with E-state index >= 15 is 4.39 Å². The van der Waals surface area contributed by atoms with Gasteiger partial charge in [-0.05, 0) is 30.3 Å². The summed E-state index contributed by atoms with van der Waals surface area (Å²) in [5.41, 5.74) is 1.08. The molecule has 1 N–H and O–H groups in total. The Morgan fingerprint density at radius 2 is 1.90 bits per heavy atom. The molecule has 39 heavy (non-hydrogen) atoms. The van der Waals surface area contributed by atoms with Gasteiger partial charge in [0, 0.05) is 50.6 Å². The minimum Gasteiger partial charge on any atom is -0.453 e. The van der Waals surface area contributed by atoms with Gasteiger partial charge in [-0.15, -0.1) is 0 Å². The van der Waals surface area contributed by atoms with Gasteiger partial charge in [0.15, 0.2) is 5.76 Å². The maximum atomic E-state index is 15.1. The van der Waals surface area contributed by atoms with Gasteiger partial charge in [-0.1, -0.05) is 0 Å². The second-order valence-corrected chi connectivity index (χ2v) is 9.47. The van der Waals surface area contributed by atoms with Crippen molar-refractivity contribution in [3.8, 4) is 0 Å². The number of cyclic esters (lactones) is 1. The van der Waals surface area contributed by atoms with E-state index in [1.165, 1.54) is 42.2 Å². The highest BCUT2D eigenvalue weighted by Gasteiger charge is 2.33. The number of hydrogen-bond donors (Lipinski definition) is 1. The van der Waals surface area contributed by atoms with Gasteiger partial charge in [0.05, 0.1) is 35.9 Å². The topological polar surface area (TPSA) is 138 Å². The summed E-state index contributed by atoms with van der Waals surface area (Å²) in [4.78, 5) is 51.8. The lowest BCUT2D eigenvalue weighted by Crippen LogP contribution is -2.48. The normalized spacial score (nSPS) is 17.9. The first-order valence-corrected chi connectivity index (χ1v) is 12.4. The average molecular weight is 540 g/mol. The van der Waals surface area contributed by atoms with Crippen LogP contribution >= 0.6 is 0 Å². The van der Waals surface area contributed by atoms with Gasteiger partial charge in [0.25, 0.3) is 5.69 Å². The zero-order valence-corrected chi connectivity index (χ0v) is 21.1. The fraction of sp³-hybridized carbons (Fsp3) is 0.346. The Hall–Kier alpha value is -4.52. The lowest BCUT2D eigenvalue weighted by Gasteiger charge is -2.35. The van der Waals surface area contributed by atoms with Crippen molar-refractivity contribution in [1.82, 2.24) is 10.2 Å². The summed E-state index contributed by atoms with van der Waals surface area (Å²) >= 11 is 0. The lowest BCUT2D eigenvalue weighted by atomic mass is 10.2. The number of halogens is 1. The molecule has 2 aromatic carbocycles. The molecular formula is C26H26FN5O7. The first-order chi connectivity index (χ1) is 18.7. The number of ketones is 1. The van der Waals surface area contributed by atoms with Crippen molar-refractivity contribution in [2.45, 2.75) is 13.0 Å². The SMILES string of the molecule is CC(=O)NCC1CN(c2ccc(N3CCN(CC(=O)c4cc5cc([N+](=O)[O-])ccc5o4)CC3)c(F)c2)C(=O)O1. The first-order valence-electron chi connectivity index (χ1n) is 12.4. The van der Waals surface area contributed by atoms with Crippen LogP contribution in [0.25, 0.3) is 11.0 Å². The van der Waals surface area contributed by atoms with Crippen LogP contribution < -0.4 is 15.1 Å². The van der Waals surface area contributed by atoms with Crippen molar-refractivity contribution in [1.29, 1.82) is 0 Å². The molecule has 0 spiro atoms. The first kappa shape index (κ1) is 26.1. The molecule has 5 rings (SSSR count). The molecular weight excluding hydrogens is 513 g/mol. The maximum Gasteiger partial charge on any atom is 0.414 e. The summed E-state index contributed by atoms with van der Waals surface area (Å²) < 4.78 is 25.9. The number of furan rings is 1. The number of hydrogen-bond acceptors (Lipinski definition) is 9. The largest absolute Gasteiger partial charge is 0.453 e. The second kappa shape index (κ2) is 10.7. The van der Waals surface area contributed by atoms with E-state index < -0.39 is 22.9 Å². The Balaban J connectivity index is 1.17. The molecule has 0 bridgehead atoms. The van der Waals surface area contributed by atoms with Crippen molar-refractivity contribution in [2.75, 3.05) is 55.6 Å². The summed E-state index contributed by atoms with van der Waals surface area (Å²) in [5.74, 6) is -0.819. The van der Waals surface area contributed by atoms with E-state index in [0.29, 0.717) is 48.5 Å². The number of nitro groups is 1. The molecule has 1 aromatic heterocycles. The number of Topliss-reactive ketones (excluding diaryl/α,β-unsaturated/α-hetero) is 1. The summed E-state index contributed by atoms with van der Waals surface area (Å²) in [5, 5.41) is 14.1. The molecule has 2 fully saturated rings. The van der Waals surface area contributed by atoms with Gasteiger partial charge < -0.3 is 19.4 Å². The van der Waals surface area contributed by atoms with E-state index in [1.807, 2.05) is 9.80 Å². The summed E-state index contributed by atoms with van der Waals surface area (Å²) in [6.07, 6.45) is -1.11. The third kappa shape index (κ3) is 5.67. The number of benzene rings is 2. The third-order valence-corrected chi connectivity index (χ3v) is 6.76. The molecule has 1 atom stereocenters. The van der Waals surface area contributed by atoms with Crippen LogP contribution in [0.4, 0.5) is 26.2 Å². The minimum atomic E-state index is -0.599. The zero-order valence-electron chi connectivity index (χ0n) is 21.1. The predicted octanol–water partition coefficient (Wildman–Crippen LogP) is 2.95. The average Bonchev–Trinajstić information content (AvgIpc) is 3.51. The number of rotatable bonds is 8. The molecule has 13 heteroatoms. The number of non-ortho nitro benzene ring substituents is 1. The molecule has 2 saturated heterocycles. The second-order valence-electron chi connectivity index (χ2n) is 9.47. The molecule has 1 unspecified atom stereocenters. The Morgan fingerprint density at radius 1 is 1.13 bits per heavy atom. The van der Waals surface area contributed by atoms with Gasteiger partial charge >= 0.3 is 6.09 Å². The summed E-state index contributed by atoms with van der Waals surface area (Å²) in [6.45, 7) is 3.87. The number of fused-ring (bicyclic) bond motifs is 1. The highest BCUT2D eigenvalue weighted by atomic mass is 19.1. The van der Waals surface area contributed by atoms with Crippen LogP contribution in [0, 0.1) is 15.9 Å². The van der Waals surface area contributed by atoms with Crippen LogP contribution in [0.3, 0.4) is 0 Å². The minimum absolute atomic E-state index is 0.0785. The van der Waals surface area contributed by atoms with E-state index in [2.05, 4.69) is 5.32 Å². The highest BCUT2D eigenvalue weighted by molar-refractivity contribution is 5.99. The van der Waals surface area contributed by atoms with E-state index in [-0.39, 0.29) is 42.8 Å². The van der Waals surface area contributed by atoms with Crippen LogP contribution in [0.1, 0.15) is 17.5 Å². The molecule has 0 radical (unpaired) electrons. The number of carbonyl (C=O) groups excluding carboxylic acids is 3.